The van der Waals surface area contributed by atoms with Gasteiger partial charge in [0.25, 0.3) is 0 Å². The molecule has 0 bridgehead atoms. The van der Waals surface area contributed by atoms with Crippen molar-refractivity contribution in [2.45, 2.75) is 31.7 Å². The van der Waals surface area contributed by atoms with E-state index in [1.165, 1.54) is 24.0 Å². The molecule has 2 aromatic rings. The lowest BCUT2D eigenvalue weighted by atomic mass is 10.0. The number of benzene rings is 1. The lowest BCUT2D eigenvalue weighted by molar-refractivity contribution is 0.288. The van der Waals surface area contributed by atoms with Gasteiger partial charge in [-0.05, 0) is 49.4 Å². The molecule has 1 aliphatic heterocycles. The third-order valence-corrected chi connectivity index (χ3v) is 4.01. The topological polar surface area (TPSA) is 39.1 Å². The standard InChI is InChI=1S/C16H19N3O/c1-19-14(10-16(18-19)17-13-5-6-13)11-4-7-15-12(9-11)3-2-8-20-15/h4,7,9-10,13H,2-3,5-6,8H2,1H3,(H,17,18). The van der Waals surface area contributed by atoms with Crippen LogP contribution in [0.15, 0.2) is 24.3 Å². The zero-order valence-corrected chi connectivity index (χ0v) is 11.7. The number of fused-ring (bicyclic) bond motifs is 1. The lowest BCUT2D eigenvalue weighted by Gasteiger charge is -2.17. The van der Waals surface area contributed by atoms with E-state index in [0.29, 0.717) is 6.04 Å². The first-order valence-electron chi connectivity index (χ1n) is 7.36. The van der Waals surface area contributed by atoms with Crippen molar-refractivity contribution in [2.24, 2.45) is 7.05 Å². The van der Waals surface area contributed by atoms with Crippen LogP contribution in [0, 0.1) is 0 Å². The second kappa shape index (κ2) is 4.54. The quantitative estimate of drug-likeness (QED) is 0.931. The van der Waals surface area contributed by atoms with Gasteiger partial charge in [-0.2, -0.15) is 5.10 Å². The Morgan fingerprint density at radius 1 is 1.30 bits per heavy atom. The number of nitrogens with one attached hydrogen (secondary N) is 1. The number of nitrogens with zero attached hydrogens (tertiary/aromatic N) is 2. The molecule has 0 saturated heterocycles. The highest BCUT2D eigenvalue weighted by Gasteiger charge is 2.22. The van der Waals surface area contributed by atoms with Crippen molar-refractivity contribution in [1.82, 2.24) is 9.78 Å². The average Bonchev–Trinajstić information content (AvgIpc) is 3.20. The van der Waals surface area contributed by atoms with E-state index in [2.05, 4.69) is 34.7 Å². The van der Waals surface area contributed by atoms with E-state index in [1.807, 2.05) is 11.7 Å². The first-order valence-corrected chi connectivity index (χ1v) is 7.36. The highest BCUT2D eigenvalue weighted by Crippen LogP contribution is 2.32. The molecule has 4 heteroatoms. The fraction of sp³-hybridized carbons (Fsp3) is 0.438. The van der Waals surface area contributed by atoms with Crippen LogP contribution in [0.3, 0.4) is 0 Å². The third kappa shape index (κ3) is 2.15. The Labute approximate surface area is 118 Å². The molecule has 1 N–H and O–H groups in total. The Balaban J connectivity index is 1.67. The van der Waals surface area contributed by atoms with Crippen LogP contribution in [-0.4, -0.2) is 22.4 Å². The summed E-state index contributed by atoms with van der Waals surface area (Å²) in [5, 5.41) is 8.01. The molecule has 4 nitrogen and oxygen atoms in total. The molecule has 1 aliphatic carbocycles. The Bertz CT molecular complexity index is 643. The number of hydrogen-bond donors (Lipinski definition) is 1. The van der Waals surface area contributed by atoms with Crippen LogP contribution in [0.2, 0.25) is 0 Å². The molecule has 2 aliphatic rings. The molecule has 1 aromatic heterocycles. The zero-order valence-electron chi connectivity index (χ0n) is 11.7. The molecule has 1 aromatic carbocycles. The van der Waals surface area contributed by atoms with E-state index in [1.54, 1.807) is 0 Å². The molecule has 1 saturated carbocycles. The van der Waals surface area contributed by atoms with Crippen LogP contribution in [-0.2, 0) is 13.5 Å². The summed E-state index contributed by atoms with van der Waals surface area (Å²) >= 11 is 0. The van der Waals surface area contributed by atoms with Gasteiger partial charge >= 0.3 is 0 Å². The number of aryl methyl sites for hydroxylation is 2. The van der Waals surface area contributed by atoms with Crippen molar-refractivity contribution in [1.29, 1.82) is 0 Å². The van der Waals surface area contributed by atoms with Crippen LogP contribution in [0.5, 0.6) is 5.75 Å². The maximum absolute atomic E-state index is 5.68. The minimum atomic E-state index is 0.634. The second-order valence-electron chi connectivity index (χ2n) is 5.73. The van der Waals surface area contributed by atoms with Crippen LogP contribution < -0.4 is 10.1 Å². The summed E-state index contributed by atoms with van der Waals surface area (Å²) in [5.74, 6) is 2.03. The molecule has 1 fully saturated rings. The summed E-state index contributed by atoms with van der Waals surface area (Å²) < 4.78 is 7.63. The largest absolute Gasteiger partial charge is 0.493 e. The molecule has 104 valence electrons. The van der Waals surface area contributed by atoms with Crippen molar-refractivity contribution in [2.75, 3.05) is 11.9 Å². The zero-order chi connectivity index (χ0) is 13.5. The van der Waals surface area contributed by atoms with Crippen LogP contribution in [0.4, 0.5) is 5.82 Å². The Hall–Kier alpha value is -1.97. The number of aromatic nitrogens is 2. The summed E-state index contributed by atoms with van der Waals surface area (Å²) in [5.41, 5.74) is 3.68. The van der Waals surface area contributed by atoms with Crippen LogP contribution in [0.25, 0.3) is 11.3 Å². The highest BCUT2D eigenvalue weighted by molar-refractivity contribution is 5.66. The molecule has 0 atom stereocenters. The van der Waals surface area contributed by atoms with Gasteiger partial charge in [0, 0.05) is 24.7 Å². The molecular weight excluding hydrogens is 250 g/mol. The maximum Gasteiger partial charge on any atom is 0.148 e. The van der Waals surface area contributed by atoms with Crippen molar-refractivity contribution in [3.8, 4) is 17.0 Å². The molecule has 2 heterocycles. The van der Waals surface area contributed by atoms with E-state index in [0.717, 1.165) is 36.7 Å². The second-order valence-corrected chi connectivity index (χ2v) is 5.73. The molecule has 0 spiro atoms. The summed E-state index contributed by atoms with van der Waals surface area (Å²) in [7, 11) is 2.00. The van der Waals surface area contributed by atoms with Gasteiger partial charge < -0.3 is 10.1 Å². The fourth-order valence-corrected chi connectivity index (χ4v) is 2.76. The Morgan fingerprint density at radius 2 is 2.20 bits per heavy atom. The molecular formula is C16H19N3O. The van der Waals surface area contributed by atoms with E-state index in [-0.39, 0.29) is 0 Å². The predicted molar refractivity (Wildman–Crippen MR) is 79.1 cm³/mol. The van der Waals surface area contributed by atoms with E-state index in [9.17, 15) is 0 Å². The van der Waals surface area contributed by atoms with Gasteiger partial charge in [-0.1, -0.05) is 0 Å². The fourth-order valence-electron chi connectivity index (χ4n) is 2.76. The van der Waals surface area contributed by atoms with Crippen molar-refractivity contribution in [3.05, 3.63) is 29.8 Å². The van der Waals surface area contributed by atoms with E-state index >= 15 is 0 Å². The summed E-state index contributed by atoms with van der Waals surface area (Å²) in [6.07, 6.45) is 4.74. The SMILES string of the molecule is Cn1nc(NC2CC2)cc1-c1ccc2c(c1)CCCO2. The molecule has 0 radical (unpaired) electrons. The monoisotopic (exact) mass is 269 g/mol. The molecule has 4 rings (SSSR count). The van der Waals surface area contributed by atoms with Gasteiger partial charge in [-0.25, -0.2) is 0 Å². The van der Waals surface area contributed by atoms with Crippen molar-refractivity contribution in [3.63, 3.8) is 0 Å². The molecule has 20 heavy (non-hydrogen) atoms. The Kier molecular flexibility index (Phi) is 2.69. The van der Waals surface area contributed by atoms with E-state index < -0.39 is 0 Å². The van der Waals surface area contributed by atoms with Gasteiger partial charge in [0.05, 0.1) is 12.3 Å². The summed E-state index contributed by atoms with van der Waals surface area (Å²) in [4.78, 5) is 0. The van der Waals surface area contributed by atoms with Gasteiger partial charge in [0.15, 0.2) is 0 Å². The molecule has 0 amide bonds. The summed E-state index contributed by atoms with van der Waals surface area (Å²) in [6, 6.07) is 9.23. The highest BCUT2D eigenvalue weighted by atomic mass is 16.5. The van der Waals surface area contributed by atoms with Crippen molar-refractivity contribution >= 4 is 5.82 Å². The minimum absolute atomic E-state index is 0.634. The van der Waals surface area contributed by atoms with Crippen molar-refractivity contribution < 1.29 is 4.74 Å². The normalized spacial score (nSPS) is 17.4. The maximum atomic E-state index is 5.68. The van der Waals surface area contributed by atoms with Gasteiger partial charge in [-0.15, -0.1) is 0 Å². The van der Waals surface area contributed by atoms with Gasteiger partial charge in [-0.3, -0.25) is 4.68 Å². The number of hydrogen-bond acceptors (Lipinski definition) is 3. The van der Waals surface area contributed by atoms with Gasteiger partial charge in [0.1, 0.15) is 11.6 Å². The number of ether oxygens (including phenoxy) is 1. The smallest absolute Gasteiger partial charge is 0.148 e. The summed E-state index contributed by atoms with van der Waals surface area (Å²) in [6.45, 7) is 0.841. The number of anilines is 1. The lowest BCUT2D eigenvalue weighted by Crippen LogP contribution is -2.08. The van der Waals surface area contributed by atoms with Gasteiger partial charge in [0.2, 0.25) is 0 Å². The number of rotatable bonds is 3. The van der Waals surface area contributed by atoms with Crippen LogP contribution in [0.1, 0.15) is 24.8 Å². The Morgan fingerprint density at radius 3 is 3.05 bits per heavy atom. The minimum Gasteiger partial charge on any atom is -0.493 e. The third-order valence-electron chi connectivity index (χ3n) is 4.01. The molecule has 0 unspecified atom stereocenters. The first kappa shape index (κ1) is 11.8. The average molecular weight is 269 g/mol. The van der Waals surface area contributed by atoms with Crippen LogP contribution >= 0.6 is 0 Å². The first-order chi connectivity index (χ1) is 9.79. The van der Waals surface area contributed by atoms with E-state index in [4.69, 9.17) is 4.74 Å². The predicted octanol–water partition coefficient (Wildman–Crippen LogP) is 2.99.